The van der Waals surface area contributed by atoms with Gasteiger partial charge in [0, 0.05) is 37.7 Å². The van der Waals surface area contributed by atoms with Gasteiger partial charge in [-0.3, -0.25) is 4.18 Å². The van der Waals surface area contributed by atoms with Gasteiger partial charge in [0.25, 0.3) is 10.1 Å². The molecule has 0 spiro atoms. The molecule has 0 aromatic heterocycles. The standard InChI is InChI=1S/C23H40O3S.Ca/c1-2-3-4-5-6-7-8-9-10-11-12-13-14-15-19-22-26-27(24,25)23-20-17-16-18-21-23;/h16-18,20-21H,2-15,19,22H2,1H3;. The van der Waals surface area contributed by atoms with E-state index in [2.05, 4.69) is 6.92 Å². The minimum absolute atomic E-state index is 0. The molecule has 0 heterocycles. The summed E-state index contributed by atoms with van der Waals surface area (Å²) in [4.78, 5) is 0.242. The van der Waals surface area contributed by atoms with Crippen molar-refractivity contribution < 1.29 is 12.6 Å². The van der Waals surface area contributed by atoms with Gasteiger partial charge in [-0.25, -0.2) is 0 Å². The van der Waals surface area contributed by atoms with Crippen LogP contribution in [-0.4, -0.2) is 52.8 Å². The molecular formula is C23H40CaO3S. The Hall–Kier alpha value is 0.390. The minimum Gasteiger partial charge on any atom is -0.266 e. The van der Waals surface area contributed by atoms with E-state index in [1.165, 1.54) is 83.5 Å². The maximum Gasteiger partial charge on any atom is 0.296 e. The molecular weight excluding hydrogens is 396 g/mol. The summed E-state index contributed by atoms with van der Waals surface area (Å²) in [5.74, 6) is 0. The molecule has 3 nitrogen and oxygen atoms in total. The summed E-state index contributed by atoms with van der Waals surface area (Å²) in [7, 11) is -3.58. The molecule has 0 saturated carbocycles. The smallest absolute Gasteiger partial charge is 0.266 e. The Kier molecular flexibility index (Phi) is 19.6. The van der Waals surface area contributed by atoms with Crippen LogP contribution in [0.4, 0.5) is 0 Å². The van der Waals surface area contributed by atoms with Gasteiger partial charge in [0.1, 0.15) is 0 Å². The molecule has 0 saturated heterocycles. The largest absolute Gasteiger partial charge is 0.296 e. The Balaban J connectivity index is 0.00000729. The molecule has 0 unspecified atom stereocenters. The first-order chi connectivity index (χ1) is 13.2. The summed E-state index contributed by atoms with van der Waals surface area (Å²) in [5, 5.41) is 0. The van der Waals surface area contributed by atoms with Crippen LogP contribution in [0.3, 0.4) is 0 Å². The molecule has 1 aromatic carbocycles. The van der Waals surface area contributed by atoms with Crippen molar-refractivity contribution in [3.8, 4) is 0 Å². The van der Waals surface area contributed by atoms with Crippen molar-refractivity contribution in [2.24, 2.45) is 0 Å². The molecule has 1 aromatic rings. The van der Waals surface area contributed by atoms with Crippen LogP contribution in [0.5, 0.6) is 0 Å². The second kappa shape index (κ2) is 19.4. The van der Waals surface area contributed by atoms with Crippen molar-refractivity contribution in [2.75, 3.05) is 6.61 Å². The van der Waals surface area contributed by atoms with Gasteiger partial charge in [-0.1, -0.05) is 115 Å². The number of rotatable bonds is 18. The molecule has 0 aliphatic rings. The maximum absolute atomic E-state index is 12.0. The number of benzene rings is 1. The molecule has 28 heavy (non-hydrogen) atoms. The van der Waals surface area contributed by atoms with Gasteiger partial charge in [0.2, 0.25) is 0 Å². The van der Waals surface area contributed by atoms with Crippen LogP contribution in [0.25, 0.3) is 0 Å². The normalized spacial score (nSPS) is 11.3. The molecule has 2 radical (unpaired) electrons. The van der Waals surface area contributed by atoms with Crippen molar-refractivity contribution in [3.63, 3.8) is 0 Å². The van der Waals surface area contributed by atoms with E-state index in [1.807, 2.05) is 0 Å². The molecule has 1 rings (SSSR count). The van der Waals surface area contributed by atoms with E-state index in [1.54, 1.807) is 30.3 Å². The average molecular weight is 437 g/mol. The quantitative estimate of drug-likeness (QED) is 0.143. The van der Waals surface area contributed by atoms with E-state index in [0.717, 1.165) is 12.8 Å². The van der Waals surface area contributed by atoms with Gasteiger partial charge in [-0.15, -0.1) is 0 Å². The number of hydrogen-bond donors (Lipinski definition) is 0. The third kappa shape index (κ3) is 15.3. The Labute approximate surface area is 204 Å². The topological polar surface area (TPSA) is 43.4 Å². The molecule has 0 bridgehead atoms. The average Bonchev–Trinajstić information content (AvgIpc) is 2.68. The summed E-state index contributed by atoms with van der Waals surface area (Å²) < 4.78 is 29.0. The summed E-state index contributed by atoms with van der Waals surface area (Å²) in [6.07, 6.45) is 19.5. The van der Waals surface area contributed by atoms with Crippen molar-refractivity contribution >= 4 is 47.9 Å². The first-order valence-electron chi connectivity index (χ1n) is 11.1. The second-order valence-corrected chi connectivity index (χ2v) is 9.15. The Morgan fingerprint density at radius 3 is 1.46 bits per heavy atom. The Bertz CT molecular complexity index is 546. The van der Waals surface area contributed by atoms with Gasteiger partial charge >= 0.3 is 0 Å². The first-order valence-corrected chi connectivity index (χ1v) is 12.5. The van der Waals surface area contributed by atoms with Crippen LogP contribution in [0, 0.1) is 0 Å². The molecule has 0 N–H and O–H groups in total. The van der Waals surface area contributed by atoms with E-state index in [9.17, 15) is 8.42 Å². The van der Waals surface area contributed by atoms with Crippen molar-refractivity contribution in [1.82, 2.24) is 0 Å². The maximum atomic E-state index is 12.0. The molecule has 0 aliphatic heterocycles. The fourth-order valence-corrected chi connectivity index (χ4v) is 4.26. The van der Waals surface area contributed by atoms with Crippen LogP contribution in [-0.2, 0) is 14.3 Å². The number of unbranched alkanes of at least 4 members (excludes halogenated alkanes) is 14. The van der Waals surface area contributed by atoms with Crippen LogP contribution in [0.1, 0.15) is 103 Å². The summed E-state index contributed by atoms with van der Waals surface area (Å²) in [6.45, 7) is 2.56. The molecule has 158 valence electrons. The van der Waals surface area contributed by atoms with Gasteiger partial charge in [0.15, 0.2) is 0 Å². The summed E-state index contributed by atoms with van der Waals surface area (Å²) in [5.41, 5.74) is 0. The molecule has 0 amide bonds. The predicted octanol–water partition coefficient (Wildman–Crippen LogP) is 6.88. The van der Waals surface area contributed by atoms with Gasteiger partial charge < -0.3 is 0 Å². The second-order valence-electron chi connectivity index (χ2n) is 7.54. The van der Waals surface area contributed by atoms with Gasteiger partial charge in [-0.05, 0) is 18.6 Å². The predicted molar refractivity (Wildman–Crippen MR) is 120 cm³/mol. The fraction of sp³-hybridized carbons (Fsp3) is 0.739. The van der Waals surface area contributed by atoms with E-state index in [-0.39, 0.29) is 49.2 Å². The zero-order valence-electron chi connectivity index (χ0n) is 18.0. The van der Waals surface area contributed by atoms with E-state index >= 15 is 0 Å². The zero-order chi connectivity index (χ0) is 19.6. The van der Waals surface area contributed by atoms with Gasteiger partial charge in [0.05, 0.1) is 11.5 Å². The minimum atomic E-state index is -3.58. The molecule has 0 atom stereocenters. The van der Waals surface area contributed by atoms with Crippen LogP contribution in [0.2, 0.25) is 0 Å². The van der Waals surface area contributed by atoms with Crippen LogP contribution in [0.15, 0.2) is 35.2 Å². The third-order valence-electron chi connectivity index (χ3n) is 5.02. The molecule has 0 fully saturated rings. The van der Waals surface area contributed by atoms with Crippen molar-refractivity contribution in [1.29, 1.82) is 0 Å². The van der Waals surface area contributed by atoms with Gasteiger partial charge in [-0.2, -0.15) is 8.42 Å². The SMILES string of the molecule is CCCCCCCCCCCCCCCCCOS(=O)(=O)c1ccccc1.[Ca]. The summed E-state index contributed by atoms with van der Waals surface area (Å²) in [6, 6.07) is 8.37. The first kappa shape index (κ1) is 28.4. The molecule has 5 heteroatoms. The Morgan fingerprint density at radius 2 is 1.04 bits per heavy atom. The van der Waals surface area contributed by atoms with Crippen molar-refractivity contribution in [2.45, 2.75) is 108 Å². The summed E-state index contributed by atoms with van der Waals surface area (Å²) >= 11 is 0. The third-order valence-corrected chi connectivity index (χ3v) is 6.34. The molecule has 0 aliphatic carbocycles. The zero-order valence-corrected chi connectivity index (χ0v) is 21.1. The van der Waals surface area contributed by atoms with Crippen LogP contribution < -0.4 is 0 Å². The Morgan fingerprint density at radius 1 is 0.643 bits per heavy atom. The van der Waals surface area contributed by atoms with Crippen molar-refractivity contribution in [3.05, 3.63) is 30.3 Å². The van der Waals surface area contributed by atoms with Crippen LogP contribution >= 0.6 is 0 Å². The van der Waals surface area contributed by atoms with E-state index in [0.29, 0.717) is 0 Å². The number of hydrogen-bond acceptors (Lipinski definition) is 3. The van der Waals surface area contributed by atoms with E-state index in [4.69, 9.17) is 4.18 Å². The monoisotopic (exact) mass is 436 g/mol. The fourth-order valence-electron chi connectivity index (χ4n) is 3.30. The van der Waals surface area contributed by atoms with E-state index < -0.39 is 10.1 Å².